The molecule has 4 aromatic heterocycles. The number of nitrogens with one attached hydrogen (secondary N) is 3. The Labute approximate surface area is 237 Å². The Morgan fingerprint density at radius 2 is 1.66 bits per heavy atom. The van der Waals surface area contributed by atoms with Crippen LogP contribution in [0.25, 0.3) is 22.4 Å². The Morgan fingerprint density at radius 3 is 2.41 bits per heavy atom. The highest BCUT2D eigenvalue weighted by Crippen LogP contribution is 2.29. The van der Waals surface area contributed by atoms with E-state index in [9.17, 15) is 4.79 Å². The van der Waals surface area contributed by atoms with Gasteiger partial charge in [0.1, 0.15) is 11.5 Å². The molecule has 0 atom stereocenters. The average molecular weight is 550 g/mol. The summed E-state index contributed by atoms with van der Waals surface area (Å²) in [5.74, 6) is 1.55. The van der Waals surface area contributed by atoms with Gasteiger partial charge in [0.05, 0.1) is 18.6 Å². The van der Waals surface area contributed by atoms with Gasteiger partial charge in [0, 0.05) is 80.6 Å². The predicted octanol–water partition coefficient (Wildman–Crippen LogP) is 4.16. The number of fused-ring (bicyclic) bond motifs is 1. The van der Waals surface area contributed by atoms with Gasteiger partial charge in [-0.25, -0.2) is 14.8 Å². The molecule has 0 bridgehead atoms. The molecule has 1 aliphatic rings. The third-order valence-corrected chi connectivity index (χ3v) is 6.83. The van der Waals surface area contributed by atoms with E-state index in [2.05, 4.69) is 53.7 Å². The number of pyridine rings is 2. The minimum Gasteiger partial charge on any atom is -0.378 e. The van der Waals surface area contributed by atoms with Gasteiger partial charge in [-0.05, 0) is 54.1 Å². The van der Waals surface area contributed by atoms with Crippen LogP contribution >= 0.6 is 0 Å². The maximum absolute atomic E-state index is 12.4. The molecule has 0 unspecified atom stereocenters. The Morgan fingerprint density at radius 1 is 0.878 bits per heavy atom. The van der Waals surface area contributed by atoms with Gasteiger partial charge in [-0.2, -0.15) is 0 Å². The van der Waals surface area contributed by atoms with Crippen LogP contribution in [0.4, 0.5) is 22.0 Å². The number of rotatable bonds is 9. The van der Waals surface area contributed by atoms with Crippen LogP contribution in [0.1, 0.15) is 5.56 Å². The number of carbonyl (C=O) groups is 1. The molecule has 3 N–H and O–H groups in total. The SMILES string of the molecule is O=C(Nc1ccncc1)Nc1ccc(-c2nc(N3CCOCC3)c3ccn(CCNCc4cccnc4)c3n2)cc1. The van der Waals surface area contributed by atoms with Gasteiger partial charge >= 0.3 is 6.03 Å². The van der Waals surface area contributed by atoms with Crippen LogP contribution in [0.2, 0.25) is 0 Å². The van der Waals surface area contributed by atoms with E-state index in [0.717, 1.165) is 60.7 Å². The molecule has 2 amide bonds. The first-order valence-electron chi connectivity index (χ1n) is 13.6. The second-order valence-corrected chi connectivity index (χ2v) is 9.65. The van der Waals surface area contributed by atoms with E-state index in [4.69, 9.17) is 14.7 Å². The number of hydrogen-bond acceptors (Lipinski definition) is 8. The molecule has 0 aliphatic carbocycles. The maximum atomic E-state index is 12.4. The molecule has 1 fully saturated rings. The Balaban J connectivity index is 1.21. The second kappa shape index (κ2) is 12.5. The van der Waals surface area contributed by atoms with Crippen molar-refractivity contribution in [1.29, 1.82) is 0 Å². The molecule has 0 radical (unpaired) electrons. The van der Waals surface area contributed by atoms with Crippen LogP contribution in [-0.4, -0.2) is 63.4 Å². The quantitative estimate of drug-likeness (QED) is 0.234. The zero-order valence-electron chi connectivity index (χ0n) is 22.5. The summed E-state index contributed by atoms with van der Waals surface area (Å²) in [5.41, 5.74) is 4.24. The van der Waals surface area contributed by atoms with Gasteiger partial charge < -0.3 is 30.2 Å². The number of urea groups is 1. The molecule has 5 aromatic rings. The topological polar surface area (TPSA) is 122 Å². The van der Waals surface area contributed by atoms with E-state index in [1.54, 1.807) is 30.7 Å². The van der Waals surface area contributed by atoms with Crippen LogP contribution in [0.15, 0.2) is 85.6 Å². The van der Waals surface area contributed by atoms with E-state index in [0.29, 0.717) is 30.4 Å². The van der Waals surface area contributed by atoms with Crippen LogP contribution in [-0.2, 0) is 17.8 Å². The lowest BCUT2D eigenvalue weighted by atomic mass is 10.2. The first kappa shape index (κ1) is 26.4. The zero-order valence-corrected chi connectivity index (χ0v) is 22.5. The normalized spacial score (nSPS) is 13.3. The highest BCUT2D eigenvalue weighted by atomic mass is 16.5. The number of aromatic nitrogens is 5. The summed E-state index contributed by atoms with van der Waals surface area (Å²) < 4.78 is 7.76. The molecule has 5 heterocycles. The van der Waals surface area contributed by atoms with Crippen molar-refractivity contribution in [2.75, 3.05) is 48.4 Å². The fourth-order valence-electron chi connectivity index (χ4n) is 4.74. The molecular formula is C30H31N9O2. The molecule has 11 heteroatoms. The molecular weight excluding hydrogens is 518 g/mol. The minimum absolute atomic E-state index is 0.328. The maximum Gasteiger partial charge on any atom is 0.323 e. The van der Waals surface area contributed by atoms with Crippen LogP contribution < -0.4 is 20.9 Å². The average Bonchev–Trinajstić information content (AvgIpc) is 3.43. The smallest absolute Gasteiger partial charge is 0.323 e. The molecule has 11 nitrogen and oxygen atoms in total. The van der Waals surface area contributed by atoms with Gasteiger partial charge in [-0.15, -0.1) is 0 Å². The summed E-state index contributed by atoms with van der Waals surface area (Å²) in [6.45, 7) is 5.19. The van der Waals surface area contributed by atoms with Crippen molar-refractivity contribution in [3.05, 3.63) is 91.1 Å². The summed E-state index contributed by atoms with van der Waals surface area (Å²) in [6.07, 6.45) is 8.99. The highest BCUT2D eigenvalue weighted by Gasteiger charge is 2.20. The highest BCUT2D eigenvalue weighted by molar-refractivity contribution is 5.99. The third-order valence-electron chi connectivity index (χ3n) is 6.83. The van der Waals surface area contributed by atoms with Gasteiger partial charge in [0.2, 0.25) is 0 Å². The Bertz CT molecular complexity index is 1590. The number of morpholine rings is 1. The molecule has 0 spiro atoms. The molecule has 1 saturated heterocycles. The summed E-state index contributed by atoms with van der Waals surface area (Å²) in [5, 5.41) is 10.2. The van der Waals surface area contributed by atoms with Crippen molar-refractivity contribution in [2.24, 2.45) is 0 Å². The molecule has 6 rings (SSSR count). The van der Waals surface area contributed by atoms with Crippen LogP contribution in [0.5, 0.6) is 0 Å². The Hall–Kier alpha value is -4.87. The fourth-order valence-corrected chi connectivity index (χ4v) is 4.74. The first-order chi connectivity index (χ1) is 20.2. The number of anilines is 3. The van der Waals surface area contributed by atoms with Crippen LogP contribution in [0, 0.1) is 0 Å². The molecule has 1 aromatic carbocycles. The standard InChI is InChI=1S/C30H31N9O2/c40-30(35-25-7-11-31-12-8-25)34-24-5-3-23(4-6-24)27-36-28-26(29(37-27)39-16-18-41-19-17-39)9-14-38(28)15-13-33-21-22-2-1-10-32-20-22/h1-12,14,20,33H,13,15-19,21H2,(H2,31,34,35,40). The summed E-state index contributed by atoms with van der Waals surface area (Å²) in [4.78, 5) is 32.8. The van der Waals surface area contributed by atoms with Gasteiger partial charge in [0.25, 0.3) is 0 Å². The molecule has 0 saturated carbocycles. The van der Waals surface area contributed by atoms with Gasteiger partial charge in [-0.3, -0.25) is 9.97 Å². The van der Waals surface area contributed by atoms with Gasteiger partial charge in [-0.1, -0.05) is 6.07 Å². The van der Waals surface area contributed by atoms with Crippen molar-refractivity contribution < 1.29 is 9.53 Å². The summed E-state index contributed by atoms with van der Waals surface area (Å²) >= 11 is 0. The molecule has 1 aliphatic heterocycles. The lowest BCUT2D eigenvalue weighted by molar-refractivity contribution is 0.122. The number of carbonyl (C=O) groups excluding carboxylic acids is 1. The van der Waals surface area contributed by atoms with Crippen molar-refractivity contribution in [3.63, 3.8) is 0 Å². The molecule has 41 heavy (non-hydrogen) atoms. The van der Waals surface area contributed by atoms with E-state index >= 15 is 0 Å². The minimum atomic E-state index is -0.328. The Kier molecular flexibility index (Phi) is 8.06. The number of nitrogens with zero attached hydrogens (tertiary/aromatic N) is 6. The van der Waals surface area contributed by atoms with Crippen LogP contribution in [0.3, 0.4) is 0 Å². The van der Waals surface area contributed by atoms with Crippen molar-refractivity contribution in [1.82, 2.24) is 29.8 Å². The summed E-state index contributed by atoms with van der Waals surface area (Å²) in [7, 11) is 0. The van der Waals surface area contributed by atoms with E-state index in [1.807, 2.05) is 36.5 Å². The monoisotopic (exact) mass is 549 g/mol. The zero-order chi connectivity index (χ0) is 27.9. The van der Waals surface area contributed by atoms with Crippen molar-refractivity contribution >= 4 is 34.3 Å². The number of benzene rings is 1. The van der Waals surface area contributed by atoms with Gasteiger partial charge in [0.15, 0.2) is 5.82 Å². The molecule has 208 valence electrons. The lowest BCUT2D eigenvalue weighted by Crippen LogP contribution is -2.37. The number of amides is 2. The summed E-state index contributed by atoms with van der Waals surface area (Å²) in [6, 6.07) is 16.8. The number of ether oxygens (including phenoxy) is 1. The second-order valence-electron chi connectivity index (χ2n) is 9.65. The number of hydrogen-bond donors (Lipinski definition) is 3. The lowest BCUT2D eigenvalue weighted by Gasteiger charge is -2.28. The third kappa shape index (κ3) is 6.48. The van der Waals surface area contributed by atoms with E-state index < -0.39 is 0 Å². The van der Waals surface area contributed by atoms with E-state index in [-0.39, 0.29) is 6.03 Å². The first-order valence-corrected chi connectivity index (χ1v) is 13.6. The predicted molar refractivity (Wildman–Crippen MR) is 159 cm³/mol. The van der Waals surface area contributed by atoms with Crippen molar-refractivity contribution in [3.8, 4) is 11.4 Å². The van der Waals surface area contributed by atoms with E-state index in [1.165, 1.54) is 0 Å². The largest absolute Gasteiger partial charge is 0.378 e. The van der Waals surface area contributed by atoms with Crippen molar-refractivity contribution in [2.45, 2.75) is 13.1 Å². The fraction of sp³-hybridized carbons (Fsp3) is 0.233.